The predicted molar refractivity (Wildman–Crippen MR) is 79.0 cm³/mol. The van der Waals surface area contributed by atoms with Crippen molar-refractivity contribution >= 4 is 5.91 Å². The number of nitrogens with zero attached hydrogens (tertiary/aromatic N) is 2. The molecule has 0 spiro atoms. The van der Waals surface area contributed by atoms with Gasteiger partial charge in [-0.25, -0.2) is 0 Å². The molecular weight excluding hydrogens is 256 g/mol. The summed E-state index contributed by atoms with van der Waals surface area (Å²) >= 11 is 0. The maximum atomic E-state index is 11.8. The molecule has 0 aliphatic carbocycles. The first-order chi connectivity index (χ1) is 9.40. The van der Waals surface area contributed by atoms with Crippen LogP contribution in [0.25, 0.3) is 0 Å². The number of carbonyl (C=O) groups is 1. The smallest absolute Gasteiger partial charge is 0.236 e. The number of benzene rings is 1. The van der Waals surface area contributed by atoms with E-state index in [0.29, 0.717) is 12.3 Å². The highest BCUT2D eigenvalue weighted by Gasteiger charge is 2.19. The highest BCUT2D eigenvalue weighted by Crippen LogP contribution is 2.30. The van der Waals surface area contributed by atoms with E-state index in [9.17, 15) is 9.90 Å². The summed E-state index contributed by atoms with van der Waals surface area (Å²) in [5.41, 5.74) is 1.01. The molecule has 5 nitrogen and oxygen atoms in total. The molecule has 1 unspecified atom stereocenters. The lowest BCUT2D eigenvalue weighted by Gasteiger charge is -2.28. The number of hydrogen-bond donors (Lipinski definition) is 1. The molecule has 0 bridgehead atoms. The predicted octanol–water partition coefficient (Wildman–Crippen LogP) is 1.87. The zero-order valence-corrected chi connectivity index (χ0v) is 12.9. The fourth-order valence-electron chi connectivity index (χ4n) is 2.00. The minimum Gasteiger partial charge on any atom is -0.504 e. The lowest BCUT2D eigenvalue weighted by Crippen LogP contribution is -2.37. The van der Waals surface area contributed by atoms with Gasteiger partial charge in [0, 0.05) is 20.1 Å². The second-order valence-electron chi connectivity index (χ2n) is 4.96. The van der Waals surface area contributed by atoms with Crippen LogP contribution in [0.1, 0.15) is 25.5 Å². The molecule has 0 saturated heterocycles. The number of amides is 1. The Bertz CT molecular complexity index is 460. The average Bonchev–Trinajstić information content (AvgIpc) is 2.44. The van der Waals surface area contributed by atoms with Crippen molar-refractivity contribution in [2.45, 2.75) is 19.9 Å². The Labute approximate surface area is 120 Å². The molecule has 1 N–H and O–H groups in total. The Morgan fingerprint density at radius 3 is 2.55 bits per heavy atom. The molecule has 0 fully saturated rings. The molecule has 1 rings (SSSR count). The van der Waals surface area contributed by atoms with Gasteiger partial charge >= 0.3 is 0 Å². The molecule has 0 radical (unpaired) electrons. The van der Waals surface area contributed by atoms with Gasteiger partial charge in [-0.2, -0.15) is 0 Å². The number of methoxy groups -OCH3 is 1. The Hall–Kier alpha value is -1.75. The van der Waals surface area contributed by atoms with Crippen molar-refractivity contribution in [1.82, 2.24) is 9.80 Å². The summed E-state index contributed by atoms with van der Waals surface area (Å²) < 4.78 is 5.12. The topological polar surface area (TPSA) is 53.0 Å². The van der Waals surface area contributed by atoms with Crippen LogP contribution >= 0.6 is 0 Å². The Kier molecular flexibility index (Phi) is 5.82. The molecular formula is C15H24N2O3. The molecule has 5 heteroatoms. The number of rotatable bonds is 6. The molecule has 0 aliphatic heterocycles. The molecule has 1 aromatic carbocycles. The third kappa shape index (κ3) is 3.87. The highest BCUT2D eigenvalue weighted by atomic mass is 16.5. The number of ether oxygens (including phenoxy) is 1. The largest absolute Gasteiger partial charge is 0.504 e. The molecule has 1 aromatic rings. The van der Waals surface area contributed by atoms with Crippen LogP contribution in [-0.2, 0) is 4.79 Å². The number of likely N-dealkylation sites (N-methyl/N-ethyl adjacent to an activating group) is 2. The van der Waals surface area contributed by atoms with E-state index in [1.54, 1.807) is 25.1 Å². The van der Waals surface area contributed by atoms with Crippen molar-refractivity contribution in [3.63, 3.8) is 0 Å². The van der Waals surface area contributed by atoms with Crippen LogP contribution < -0.4 is 4.74 Å². The van der Waals surface area contributed by atoms with Crippen molar-refractivity contribution in [3.05, 3.63) is 23.8 Å². The summed E-state index contributed by atoms with van der Waals surface area (Å²) in [6, 6.07) is 5.35. The molecule has 0 aliphatic rings. The maximum absolute atomic E-state index is 11.8. The van der Waals surface area contributed by atoms with E-state index in [1.807, 2.05) is 26.0 Å². The first-order valence-corrected chi connectivity index (χ1v) is 6.71. The molecule has 1 atom stereocenters. The lowest BCUT2D eigenvalue weighted by atomic mass is 10.1. The summed E-state index contributed by atoms with van der Waals surface area (Å²) in [7, 11) is 5.03. The van der Waals surface area contributed by atoms with Gasteiger partial charge in [-0.15, -0.1) is 0 Å². The normalized spacial score (nSPS) is 12.3. The first-order valence-electron chi connectivity index (χ1n) is 6.71. The second kappa shape index (κ2) is 7.14. The fourth-order valence-corrected chi connectivity index (χ4v) is 2.00. The van der Waals surface area contributed by atoms with Crippen LogP contribution in [0.4, 0.5) is 0 Å². The fraction of sp³-hybridized carbons (Fsp3) is 0.533. The Morgan fingerprint density at radius 2 is 2.05 bits per heavy atom. The maximum Gasteiger partial charge on any atom is 0.236 e. The molecule has 0 aromatic heterocycles. The molecule has 112 valence electrons. The van der Waals surface area contributed by atoms with Crippen LogP contribution in [0.5, 0.6) is 11.5 Å². The zero-order chi connectivity index (χ0) is 15.3. The van der Waals surface area contributed by atoms with Crippen LogP contribution in [0.15, 0.2) is 18.2 Å². The van der Waals surface area contributed by atoms with Gasteiger partial charge in [-0.05, 0) is 31.2 Å². The Morgan fingerprint density at radius 1 is 1.40 bits per heavy atom. The van der Waals surface area contributed by atoms with Gasteiger partial charge in [0.1, 0.15) is 0 Å². The van der Waals surface area contributed by atoms with E-state index in [1.165, 1.54) is 7.11 Å². The van der Waals surface area contributed by atoms with E-state index >= 15 is 0 Å². The summed E-state index contributed by atoms with van der Waals surface area (Å²) in [6.45, 7) is 5.20. The summed E-state index contributed by atoms with van der Waals surface area (Å²) in [4.78, 5) is 15.5. The molecule has 1 amide bonds. The molecule has 20 heavy (non-hydrogen) atoms. The van der Waals surface area contributed by atoms with E-state index < -0.39 is 0 Å². The molecule has 0 heterocycles. The first kappa shape index (κ1) is 16.3. The number of phenolic OH excluding ortho intramolecular Hbond substituents is 1. The van der Waals surface area contributed by atoms with E-state index in [0.717, 1.165) is 12.1 Å². The summed E-state index contributed by atoms with van der Waals surface area (Å²) in [5.74, 6) is 0.643. The van der Waals surface area contributed by atoms with Gasteiger partial charge < -0.3 is 14.7 Å². The summed E-state index contributed by atoms with van der Waals surface area (Å²) in [6.07, 6.45) is 0. The van der Waals surface area contributed by atoms with E-state index in [4.69, 9.17) is 4.74 Å². The van der Waals surface area contributed by atoms with Gasteiger partial charge in [0.05, 0.1) is 13.7 Å². The quantitative estimate of drug-likeness (QED) is 0.864. The van der Waals surface area contributed by atoms with Crippen LogP contribution in [0.3, 0.4) is 0 Å². The van der Waals surface area contributed by atoms with Gasteiger partial charge in [-0.1, -0.05) is 13.0 Å². The number of carbonyl (C=O) groups excluding carboxylic acids is 1. The van der Waals surface area contributed by atoms with E-state index in [-0.39, 0.29) is 17.7 Å². The Balaban J connectivity index is 2.90. The van der Waals surface area contributed by atoms with Gasteiger partial charge in [0.2, 0.25) is 5.91 Å². The van der Waals surface area contributed by atoms with Crippen molar-refractivity contribution in [2.24, 2.45) is 0 Å². The van der Waals surface area contributed by atoms with Crippen molar-refractivity contribution < 1.29 is 14.6 Å². The van der Waals surface area contributed by atoms with Gasteiger partial charge in [0.15, 0.2) is 11.5 Å². The standard InChI is InChI=1S/C15H24N2O3/c1-6-17(10-15(19)16(3)4)11(2)12-7-8-13(18)14(9-12)20-5/h7-9,11,18H,6,10H2,1-5H3. The minimum absolute atomic E-state index is 0.0680. The van der Waals surface area contributed by atoms with Gasteiger partial charge in [0.25, 0.3) is 0 Å². The average molecular weight is 280 g/mol. The lowest BCUT2D eigenvalue weighted by molar-refractivity contribution is -0.130. The minimum atomic E-state index is 0.0680. The van der Waals surface area contributed by atoms with Crippen LogP contribution in [-0.4, -0.2) is 55.1 Å². The van der Waals surface area contributed by atoms with Crippen molar-refractivity contribution in [1.29, 1.82) is 0 Å². The van der Waals surface area contributed by atoms with E-state index in [2.05, 4.69) is 4.90 Å². The second-order valence-corrected chi connectivity index (χ2v) is 4.96. The third-order valence-corrected chi connectivity index (χ3v) is 3.48. The van der Waals surface area contributed by atoms with Crippen LogP contribution in [0, 0.1) is 0 Å². The summed E-state index contributed by atoms with van der Waals surface area (Å²) in [5, 5.41) is 9.63. The SMILES string of the molecule is CCN(CC(=O)N(C)C)C(C)c1ccc(O)c(OC)c1. The van der Waals surface area contributed by atoms with Crippen LogP contribution in [0.2, 0.25) is 0 Å². The monoisotopic (exact) mass is 280 g/mol. The number of phenols is 1. The third-order valence-electron chi connectivity index (χ3n) is 3.48. The molecule has 0 saturated carbocycles. The van der Waals surface area contributed by atoms with Crippen molar-refractivity contribution in [3.8, 4) is 11.5 Å². The zero-order valence-electron chi connectivity index (χ0n) is 12.9. The van der Waals surface area contributed by atoms with Crippen molar-refractivity contribution in [2.75, 3.05) is 34.3 Å². The van der Waals surface area contributed by atoms with Gasteiger partial charge in [-0.3, -0.25) is 9.69 Å². The number of hydrogen-bond acceptors (Lipinski definition) is 4. The highest BCUT2D eigenvalue weighted by molar-refractivity contribution is 5.77. The number of aromatic hydroxyl groups is 1.